The van der Waals surface area contributed by atoms with E-state index in [1.165, 1.54) is 12.1 Å². The summed E-state index contributed by atoms with van der Waals surface area (Å²) in [5, 5.41) is 23.1. The molecule has 3 N–H and O–H groups in total. The molecular formula is C16H20F3N3O6S. The van der Waals surface area contributed by atoms with Crippen LogP contribution in [-0.4, -0.2) is 49.2 Å². The van der Waals surface area contributed by atoms with E-state index in [1.54, 1.807) is 0 Å². The van der Waals surface area contributed by atoms with E-state index in [-0.39, 0.29) is 31.6 Å². The minimum atomic E-state index is -4.96. The number of nitro benzene ring substituents is 1. The molecule has 9 nitrogen and oxygen atoms in total. The zero-order chi connectivity index (χ0) is 21.8. The lowest BCUT2D eigenvalue weighted by molar-refractivity contribution is -0.387. The Morgan fingerprint density at radius 2 is 1.83 bits per heavy atom. The van der Waals surface area contributed by atoms with E-state index in [2.05, 4.69) is 4.72 Å². The number of alkyl halides is 3. The molecule has 13 heteroatoms. The van der Waals surface area contributed by atoms with Crippen molar-refractivity contribution in [3.63, 3.8) is 0 Å². The number of nitro groups is 1. The Labute approximate surface area is 164 Å². The summed E-state index contributed by atoms with van der Waals surface area (Å²) in [6.45, 7) is -0.404. The number of benzene rings is 1. The second-order valence-corrected chi connectivity index (χ2v) is 8.46. The number of aliphatic hydroxyl groups is 1. The molecule has 162 valence electrons. The minimum Gasteiger partial charge on any atom is -0.391 e. The molecule has 1 aliphatic rings. The Bertz CT molecular complexity index is 854. The van der Waals surface area contributed by atoms with Crippen LogP contribution in [0.15, 0.2) is 29.2 Å². The molecule has 0 aliphatic heterocycles. The topological polar surface area (TPSA) is 139 Å². The van der Waals surface area contributed by atoms with Gasteiger partial charge in [0.2, 0.25) is 10.0 Å². The summed E-state index contributed by atoms with van der Waals surface area (Å²) in [5.41, 5.74) is -0.601. The molecule has 0 spiro atoms. The number of carbonyl (C=O) groups excluding carboxylic acids is 1. The van der Waals surface area contributed by atoms with Gasteiger partial charge < -0.3 is 10.4 Å². The molecule has 0 bridgehead atoms. The lowest BCUT2D eigenvalue weighted by atomic mass is 9.82. The zero-order valence-corrected chi connectivity index (χ0v) is 15.9. The van der Waals surface area contributed by atoms with Crippen molar-refractivity contribution >= 4 is 21.6 Å². The third-order valence-electron chi connectivity index (χ3n) is 4.74. The van der Waals surface area contributed by atoms with Gasteiger partial charge in [0.05, 0.1) is 11.0 Å². The van der Waals surface area contributed by atoms with Gasteiger partial charge in [0.15, 0.2) is 4.90 Å². The van der Waals surface area contributed by atoms with Crippen LogP contribution in [0.3, 0.4) is 0 Å². The van der Waals surface area contributed by atoms with Gasteiger partial charge in [-0.25, -0.2) is 13.1 Å². The van der Waals surface area contributed by atoms with Crippen molar-refractivity contribution in [2.45, 2.75) is 48.9 Å². The third-order valence-corrected chi connectivity index (χ3v) is 6.21. The van der Waals surface area contributed by atoms with E-state index < -0.39 is 56.3 Å². The van der Waals surface area contributed by atoms with Crippen LogP contribution in [0.2, 0.25) is 0 Å². The Morgan fingerprint density at radius 3 is 2.38 bits per heavy atom. The molecule has 2 rings (SSSR count). The third kappa shape index (κ3) is 6.11. The maximum absolute atomic E-state index is 12.3. The predicted molar refractivity (Wildman–Crippen MR) is 94.2 cm³/mol. The number of halogens is 3. The van der Waals surface area contributed by atoms with Gasteiger partial charge in [-0.1, -0.05) is 12.1 Å². The lowest BCUT2D eigenvalue weighted by Crippen LogP contribution is -2.46. The van der Waals surface area contributed by atoms with Crippen LogP contribution in [0.25, 0.3) is 0 Å². The quantitative estimate of drug-likeness (QED) is 0.434. The van der Waals surface area contributed by atoms with Crippen LogP contribution in [-0.2, 0) is 14.8 Å². The van der Waals surface area contributed by atoms with E-state index in [0.717, 1.165) is 12.1 Å². The summed E-state index contributed by atoms with van der Waals surface area (Å²) < 4.78 is 63.6. The Hall–Kier alpha value is -2.25. The Morgan fingerprint density at radius 1 is 1.24 bits per heavy atom. The van der Waals surface area contributed by atoms with Crippen molar-refractivity contribution in [1.29, 1.82) is 0 Å². The first kappa shape index (κ1) is 23.0. The molecule has 1 atom stereocenters. The highest BCUT2D eigenvalue weighted by atomic mass is 32.2. The number of nitrogens with one attached hydrogen (secondary N) is 2. The Balaban J connectivity index is 1.90. The average Bonchev–Trinajstić information content (AvgIpc) is 2.66. The number of carbonyl (C=O) groups is 1. The first-order chi connectivity index (χ1) is 13.4. The summed E-state index contributed by atoms with van der Waals surface area (Å²) in [6.07, 6.45) is -5.10. The van der Waals surface area contributed by atoms with Crippen molar-refractivity contribution in [3.05, 3.63) is 34.4 Å². The SMILES string of the molecule is O=C(N[C@H]1CC[C@H](C(O)CNS(=O)(=O)c2ccccc2[N+](=O)[O-])CC1)C(F)(F)F. The molecule has 0 aromatic heterocycles. The molecule has 1 amide bonds. The number of nitrogens with zero attached hydrogens (tertiary/aromatic N) is 1. The Kier molecular flexibility index (Phi) is 7.19. The molecule has 0 radical (unpaired) electrons. The summed E-state index contributed by atoms with van der Waals surface area (Å²) in [7, 11) is -4.25. The molecule has 1 unspecified atom stereocenters. The van der Waals surface area contributed by atoms with Gasteiger partial charge in [-0.05, 0) is 37.7 Å². The zero-order valence-electron chi connectivity index (χ0n) is 15.1. The molecular weight excluding hydrogens is 419 g/mol. The lowest BCUT2D eigenvalue weighted by Gasteiger charge is -2.32. The molecule has 1 saturated carbocycles. The average molecular weight is 439 g/mol. The number of amides is 1. The first-order valence-corrected chi connectivity index (χ1v) is 10.2. The van der Waals surface area contributed by atoms with E-state index in [1.807, 2.05) is 5.32 Å². The number of hydrogen-bond donors (Lipinski definition) is 3. The fourth-order valence-electron chi connectivity index (χ4n) is 3.19. The largest absolute Gasteiger partial charge is 0.471 e. The number of hydrogen-bond acceptors (Lipinski definition) is 6. The highest BCUT2D eigenvalue weighted by molar-refractivity contribution is 7.89. The maximum atomic E-state index is 12.3. The molecule has 1 aliphatic carbocycles. The van der Waals surface area contributed by atoms with Crippen LogP contribution < -0.4 is 10.0 Å². The smallest absolute Gasteiger partial charge is 0.391 e. The van der Waals surface area contributed by atoms with E-state index in [9.17, 15) is 41.6 Å². The molecule has 29 heavy (non-hydrogen) atoms. The van der Waals surface area contributed by atoms with Gasteiger partial charge in [-0.3, -0.25) is 14.9 Å². The molecule has 1 aromatic rings. The van der Waals surface area contributed by atoms with Crippen molar-refractivity contribution < 1.29 is 36.4 Å². The highest BCUT2D eigenvalue weighted by Crippen LogP contribution is 2.28. The van der Waals surface area contributed by atoms with E-state index in [4.69, 9.17) is 0 Å². The van der Waals surface area contributed by atoms with Crippen molar-refractivity contribution in [2.75, 3.05) is 6.54 Å². The highest BCUT2D eigenvalue weighted by Gasteiger charge is 2.40. The predicted octanol–water partition coefficient (Wildman–Crippen LogP) is 1.47. The second kappa shape index (κ2) is 9.05. The summed E-state index contributed by atoms with van der Waals surface area (Å²) in [5.74, 6) is -2.40. The monoisotopic (exact) mass is 439 g/mol. The van der Waals surface area contributed by atoms with Gasteiger partial charge in [-0.2, -0.15) is 13.2 Å². The second-order valence-electron chi connectivity index (χ2n) is 6.73. The standard InChI is InChI=1S/C16H20F3N3O6S/c17-16(18,19)15(24)21-11-7-5-10(6-8-11)13(23)9-20-29(27,28)14-4-2-1-3-12(14)22(25)26/h1-4,10-11,13,20,23H,5-9H2,(H,21,24)/t10-,11-,13?. The van der Waals surface area contributed by atoms with Crippen LogP contribution in [0.5, 0.6) is 0 Å². The number of sulfonamides is 1. The molecule has 1 fully saturated rings. The van der Waals surface area contributed by atoms with Crippen molar-refractivity contribution in [1.82, 2.24) is 10.0 Å². The fourth-order valence-corrected chi connectivity index (χ4v) is 4.41. The van der Waals surface area contributed by atoms with Crippen molar-refractivity contribution in [3.8, 4) is 0 Å². The molecule has 1 aromatic carbocycles. The maximum Gasteiger partial charge on any atom is 0.471 e. The fraction of sp³-hybridized carbons (Fsp3) is 0.562. The van der Waals surface area contributed by atoms with E-state index in [0.29, 0.717) is 0 Å². The summed E-state index contributed by atoms with van der Waals surface area (Å²) in [6, 6.07) is 4.09. The summed E-state index contributed by atoms with van der Waals surface area (Å²) in [4.78, 5) is 20.6. The molecule has 0 heterocycles. The van der Waals surface area contributed by atoms with Gasteiger partial charge >= 0.3 is 12.1 Å². The van der Waals surface area contributed by atoms with E-state index >= 15 is 0 Å². The normalized spacial score (nSPS) is 21.4. The minimum absolute atomic E-state index is 0.209. The van der Waals surface area contributed by atoms with Gasteiger partial charge in [-0.15, -0.1) is 0 Å². The van der Waals surface area contributed by atoms with Gasteiger partial charge in [0.1, 0.15) is 0 Å². The summed E-state index contributed by atoms with van der Waals surface area (Å²) >= 11 is 0. The van der Waals surface area contributed by atoms with Crippen LogP contribution in [0, 0.1) is 16.0 Å². The number of para-hydroxylation sites is 1. The first-order valence-electron chi connectivity index (χ1n) is 8.70. The number of rotatable bonds is 7. The number of aliphatic hydroxyl groups excluding tert-OH is 1. The van der Waals surface area contributed by atoms with Crippen LogP contribution >= 0.6 is 0 Å². The van der Waals surface area contributed by atoms with Crippen LogP contribution in [0.1, 0.15) is 25.7 Å². The molecule has 0 saturated heterocycles. The van der Waals surface area contributed by atoms with Gasteiger partial charge in [0.25, 0.3) is 5.69 Å². The van der Waals surface area contributed by atoms with Crippen molar-refractivity contribution in [2.24, 2.45) is 5.92 Å². The van der Waals surface area contributed by atoms with Gasteiger partial charge in [0, 0.05) is 18.7 Å². The van der Waals surface area contributed by atoms with Crippen LogP contribution in [0.4, 0.5) is 18.9 Å².